The molecule has 0 unspecified atom stereocenters. The molecule has 2 aliphatic carbocycles. The second kappa shape index (κ2) is 10.3. The summed E-state index contributed by atoms with van der Waals surface area (Å²) in [5.74, 6) is -0.164. The van der Waals surface area contributed by atoms with Gasteiger partial charge in [0.25, 0.3) is 0 Å². The van der Waals surface area contributed by atoms with Crippen LogP contribution in [0.4, 0.5) is 0 Å². The van der Waals surface area contributed by atoms with Crippen LogP contribution in [0.25, 0.3) is 10.9 Å². The van der Waals surface area contributed by atoms with Gasteiger partial charge < -0.3 is 10.4 Å². The molecule has 200 valence electrons. The highest BCUT2D eigenvalue weighted by atomic mass is 32.2. The van der Waals surface area contributed by atoms with Crippen LogP contribution in [-0.2, 0) is 27.7 Å². The van der Waals surface area contributed by atoms with Gasteiger partial charge in [-0.25, -0.2) is 13.2 Å². The Morgan fingerprint density at radius 2 is 1.76 bits per heavy atom. The molecular formula is C28H37N3O5S. The normalized spacial score (nSPS) is 25.5. The number of rotatable bonds is 5. The lowest BCUT2D eigenvalue weighted by Crippen LogP contribution is -2.48. The lowest BCUT2D eigenvalue weighted by atomic mass is 9.78. The third-order valence-electron chi connectivity index (χ3n) is 8.94. The number of carboxylic acid groups (broad SMARTS) is 1. The molecule has 3 aliphatic rings. The minimum absolute atomic E-state index is 0.0376. The van der Waals surface area contributed by atoms with Gasteiger partial charge in [0.15, 0.2) is 0 Å². The Hall–Kier alpha value is -2.52. The van der Waals surface area contributed by atoms with Crippen molar-refractivity contribution in [1.29, 1.82) is 0 Å². The summed E-state index contributed by atoms with van der Waals surface area (Å²) in [5, 5.41) is 13.6. The van der Waals surface area contributed by atoms with Crippen LogP contribution < -0.4 is 5.32 Å². The van der Waals surface area contributed by atoms with Crippen molar-refractivity contribution in [1.82, 2.24) is 14.6 Å². The first-order valence-electron chi connectivity index (χ1n) is 13.7. The van der Waals surface area contributed by atoms with Crippen molar-refractivity contribution in [2.75, 3.05) is 13.1 Å². The van der Waals surface area contributed by atoms with Crippen molar-refractivity contribution in [3.63, 3.8) is 0 Å². The first-order valence-corrected chi connectivity index (χ1v) is 15.1. The van der Waals surface area contributed by atoms with Crippen LogP contribution in [0.3, 0.4) is 0 Å². The van der Waals surface area contributed by atoms with E-state index >= 15 is 0 Å². The fraction of sp³-hybridized carbons (Fsp3) is 0.607. The number of aryl methyl sites for hydroxylation is 1. The summed E-state index contributed by atoms with van der Waals surface area (Å²) in [7, 11) is -3.83. The molecule has 2 aromatic rings. The molecule has 1 aromatic heterocycles. The predicted octanol–water partition coefficient (Wildman–Crippen LogP) is 4.15. The predicted molar refractivity (Wildman–Crippen MR) is 141 cm³/mol. The Bertz CT molecular complexity index is 1320. The van der Waals surface area contributed by atoms with Gasteiger partial charge in [-0.2, -0.15) is 4.31 Å². The Kier molecular flexibility index (Phi) is 7.29. The molecule has 2 fully saturated rings. The lowest BCUT2D eigenvalue weighted by Gasteiger charge is -2.36. The zero-order valence-corrected chi connectivity index (χ0v) is 22.5. The Morgan fingerprint density at radius 1 is 1.03 bits per heavy atom. The first kappa shape index (κ1) is 26.1. The SMILES string of the molecule is C[C@@H]1[C@H](C)CCC[C@H]1NC(=O)C1CCN(S(=O)(=O)c2ccc3nc4c(c(C(=O)O)c3c2)CCCC4)CC1. The molecule has 2 N–H and O–H groups in total. The van der Waals surface area contributed by atoms with E-state index in [-0.39, 0.29) is 41.4 Å². The van der Waals surface area contributed by atoms with Crippen molar-refractivity contribution in [3.8, 4) is 0 Å². The molecule has 0 bridgehead atoms. The number of carbonyl (C=O) groups is 2. The number of hydrogen-bond acceptors (Lipinski definition) is 5. The van der Waals surface area contributed by atoms with E-state index in [0.717, 1.165) is 43.4 Å². The Morgan fingerprint density at radius 3 is 2.49 bits per heavy atom. The van der Waals surface area contributed by atoms with Crippen LogP contribution in [0, 0.1) is 17.8 Å². The summed E-state index contributed by atoms with van der Waals surface area (Å²) in [6, 6.07) is 4.81. The fourth-order valence-corrected chi connectivity index (χ4v) is 7.90. The van der Waals surface area contributed by atoms with E-state index in [1.54, 1.807) is 6.07 Å². The average Bonchev–Trinajstić information content (AvgIpc) is 2.89. The molecule has 0 radical (unpaired) electrons. The van der Waals surface area contributed by atoms with Crippen LogP contribution in [0.15, 0.2) is 23.1 Å². The maximum Gasteiger partial charge on any atom is 0.336 e. The highest BCUT2D eigenvalue weighted by molar-refractivity contribution is 7.89. The van der Waals surface area contributed by atoms with Crippen LogP contribution >= 0.6 is 0 Å². The molecule has 0 spiro atoms. The Balaban J connectivity index is 1.32. The van der Waals surface area contributed by atoms with E-state index in [9.17, 15) is 23.1 Å². The quantitative estimate of drug-likeness (QED) is 0.603. The molecule has 2 heterocycles. The standard InChI is InChI=1S/C28H37N3O5S/c1-17-6-5-9-23(18(17)2)30-27(32)19-12-14-31(15-13-19)37(35,36)20-10-11-25-22(16-20)26(28(33)34)21-7-3-4-8-24(21)29-25/h10-11,16-19,23H,3-9,12-15H2,1-2H3,(H,30,32)(H,33,34)/t17-,18-,23-/m1/s1. The van der Waals surface area contributed by atoms with Crippen molar-refractivity contribution >= 4 is 32.8 Å². The van der Waals surface area contributed by atoms with Gasteiger partial charge in [-0.05, 0) is 80.5 Å². The van der Waals surface area contributed by atoms with Gasteiger partial charge in [-0.1, -0.05) is 26.7 Å². The second-order valence-electron chi connectivity index (χ2n) is 11.2. The summed E-state index contributed by atoms with van der Waals surface area (Å²) < 4.78 is 28.5. The summed E-state index contributed by atoms with van der Waals surface area (Å²) >= 11 is 0. The number of piperidine rings is 1. The molecule has 1 saturated carbocycles. The molecular weight excluding hydrogens is 490 g/mol. The van der Waals surface area contributed by atoms with Gasteiger partial charge in [-0.15, -0.1) is 0 Å². The third-order valence-corrected chi connectivity index (χ3v) is 10.8. The number of aromatic nitrogens is 1. The van der Waals surface area contributed by atoms with Gasteiger partial charge in [0, 0.05) is 36.1 Å². The topological polar surface area (TPSA) is 117 Å². The number of aromatic carboxylic acids is 1. The smallest absolute Gasteiger partial charge is 0.336 e. The van der Waals surface area contributed by atoms with Crippen LogP contribution in [-0.4, -0.2) is 53.8 Å². The molecule has 1 aliphatic heterocycles. The van der Waals surface area contributed by atoms with E-state index in [4.69, 9.17) is 0 Å². The van der Waals surface area contributed by atoms with E-state index < -0.39 is 16.0 Å². The maximum absolute atomic E-state index is 13.5. The number of carbonyl (C=O) groups excluding carboxylic acids is 1. The fourth-order valence-electron chi connectivity index (χ4n) is 6.40. The molecule has 37 heavy (non-hydrogen) atoms. The molecule has 5 rings (SSSR count). The largest absolute Gasteiger partial charge is 0.478 e. The maximum atomic E-state index is 13.5. The zero-order chi connectivity index (χ0) is 26.3. The lowest BCUT2D eigenvalue weighted by molar-refractivity contribution is -0.127. The van der Waals surface area contributed by atoms with E-state index in [2.05, 4.69) is 24.1 Å². The highest BCUT2D eigenvalue weighted by Crippen LogP contribution is 2.33. The zero-order valence-electron chi connectivity index (χ0n) is 21.7. The minimum atomic E-state index is -3.83. The van der Waals surface area contributed by atoms with Crippen LogP contribution in [0.5, 0.6) is 0 Å². The minimum Gasteiger partial charge on any atom is -0.478 e. The third kappa shape index (κ3) is 5.00. The highest BCUT2D eigenvalue weighted by Gasteiger charge is 2.35. The molecule has 1 aromatic carbocycles. The number of hydrogen-bond donors (Lipinski definition) is 2. The summed E-state index contributed by atoms with van der Waals surface area (Å²) in [5.41, 5.74) is 2.23. The molecule has 1 amide bonds. The first-order chi connectivity index (χ1) is 17.7. The number of pyridine rings is 1. The molecule has 1 saturated heterocycles. The van der Waals surface area contributed by atoms with E-state index in [0.29, 0.717) is 42.0 Å². The van der Waals surface area contributed by atoms with Gasteiger partial charge in [0.2, 0.25) is 15.9 Å². The monoisotopic (exact) mass is 527 g/mol. The number of benzene rings is 1. The van der Waals surface area contributed by atoms with Crippen molar-refractivity contribution < 1.29 is 23.1 Å². The summed E-state index contributed by atoms with van der Waals surface area (Å²) in [6.45, 7) is 4.98. The molecule has 3 atom stereocenters. The van der Waals surface area contributed by atoms with Crippen LogP contribution in [0.2, 0.25) is 0 Å². The summed E-state index contributed by atoms with van der Waals surface area (Å²) in [4.78, 5) is 29.9. The molecule has 8 nitrogen and oxygen atoms in total. The van der Waals surface area contributed by atoms with Crippen molar-refractivity contribution in [2.45, 2.75) is 82.6 Å². The van der Waals surface area contributed by atoms with Gasteiger partial charge in [-0.3, -0.25) is 9.78 Å². The van der Waals surface area contributed by atoms with E-state index in [1.165, 1.54) is 22.9 Å². The average molecular weight is 528 g/mol. The van der Waals surface area contributed by atoms with Gasteiger partial charge in [0.1, 0.15) is 0 Å². The van der Waals surface area contributed by atoms with Crippen molar-refractivity contribution in [3.05, 3.63) is 35.0 Å². The molecule has 9 heteroatoms. The van der Waals surface area contributed by atoms with Gasteiger partial charge >= 0.3 is 5.97 Å². The number of sulfonamides is 1. The number of carboxylic acids is 1. The van der Waals surface area contributed by atoms with Crippen molar-refractivity contribution in [2.24, 2.45) is 17.8 Å². The second-order valence-corrected chi connectivity index (χ2v) is 13.1. The number of amides is 1. The Labute approximate surface area is 218 Å². The van der Waals surface area contributed by atoms with Crippen LogP contribution in [0.1, 0.15) is 80.4 Å². The number of fused-ring (bicyclic) bond motifs is 2. The van der Waals surface area contributed by atoms with E-state index in [1.807, 2.05) is 0 Å². The van der Waals surface area contributed by atoms with Gasteiger partial charge in [0.05, 0.1) is 16.0 Å². The summed E-state index contributed by atoms with van der Waals surface area (Å²) in [6.07, 6.45) is 7.55. The number of nitrogens with one attached hydrogen (secondary N) is 1. The number of nitrogens with zero attached hydrogens (tertiary/aromatic N) is 2.